The Morgan fingerprint density at radius 3 is 2.86 bits per heavy atom. The molecule has 1 aromatic carbocycles. The van der Waals surface area contributed by atoms with E-state index in [-0.39, 0.29) is 5.15 Å². The summed E-state index contributed by atoms with van der Waals surface area (Å²) < 4.78 is 5.18. The van der Waals surface area contributed by atoms with Crippen LogP contribution in [0.15, 0.2) is 36.5 Å². The number of nitrogens with one attached hydrogen (secondary N) is 1. The summed E-state index contributed by atoms with van der Waals surface area (Å²) in [6.45, 7) is 0. The molecule has 106 valence electrons. The monoisotopic (exact) mass is 301 g/mol. The normalized spacial score (nSPS) is 10.6. The smallest absolute Gasteiger partial charge is 0.217 e. The van der Waals surface area contributed by atoms with Crippen LogP contribution < -0.4 is 15.8 Å². The van der Waals surface area contributed by atoms with Gasteiger partial charge in [0.15, 0.2) is 5.65 Å². The van der Waals surface area contributed by atoms with Crippen molar-refractivity contribution in [2.24, 2.45) is 0 Å². The summed E-state index contributed by atoms with van der Waals surface area (Å²) in [6, 6.07) is 9.14. The molecule has 2 heterocycles. The van der Waals surface area contributed by atoms with Gasteiger partial charge >= 0.3 is 0 Å². The minimum Gasteiger partial charge on any atom is -0.481 e. The molecular weight excluding hydrogens is 290 g/mol. The predicted molar refractivity (Wildman–Crippen MR) is 83.0 cm³/mol. The van der Waals surface area contributed by atoms with Gasteiger partial charge in [0, 0.05) is 17.4 Å². The van der Waals surface area contributed by atoms with Gasteiger partial charge in [0.25, 0.3) is 0 Å². The van der Waals surface area contributed by atoms with Gasteiger partial charge in [-0.15, -0.1) is 0 Å². The first kappa shape index (κ1) is 13.4. The molecule has 3 aromatic rings. The molecule has 0 radical (unpaired) electrons. The van der Waals surface area contributed by atoms with Gasteiger partial charge in [-0.25, -0.2) is 9.97 Å². The lowest BCUT2D eigenvalue weighted by molar-refractivity contribution is 0.399. The summed E-state index contributed by atoms with van der Waals surface area (Å²) in [5, 5.41) is 3.51. The van der Waals surface area contributed by atoms with Crippen molar-refractivity contribution < 1.29 is 4.74 Å². The first-order valence-electron chi connectivity index (χ1n) is 6.15. The number of nitrogen functional groups attached to an aromatic ring is 1. The van der Waals surface area contributed by atoms with E-state index >= 15 is 0 Å². The van der Waals surface area contributed by atoms with Crippen LogP contribution in [-0.4, -0.2) is 22.1 Å². The molecule has 2 aromatic heterocycles. The van der Waals surface area contributed by atoms with E-state index in [9.17, 15) is 0 Å². The number of aromatic nitrogens is 3. The van der Waals surface area contributed by atoms with Crippen molar-refractivity contribution in [1.82, 2.24) is 15.0 Å². The second-order valence-corrected chi connectivity index (χ2v) is 4.71. The minimum atomic E-state index is 0.276. The number of anilines is 3. The van der Waals surface area contributed by atoms with Gasteiger partial charge in [-0.2, -0.15) is 4.98 Å². The van der Waals surface area contributed by atoms with E-state index in [1.165, 1.54) is 13.3 Å². The third-order valence-corrected chi connectivity index (χ3v) is 3.02. The Bertz CT molecular complexity index is 808. The number of hydrogen-bond donors (Lipinski definition) is 2. The summed E-state index contributed by atoms with van der Waals surface area (Å²) in [6.07, 6.45) is 1.47. The molecule has 0 aliphatic carbocycles. The fraction of sp³-hybridized carbons (Fsp3) is 0.0714. The number of ether oxygens (including phenoxy) is 1. The second-order valence-electron chi connectivity index (χ2n) is 4.33. The quantitative estimate of drug-likeness (QED) is 0.723. The number of hydrogen-bond acceptors (Lipinski definition) is 6. The highest BCUT2D eigenvalue weighted by molar-refractivity contribution is 6.29. The molecule has 0 fully saturated rings. The van der Waals surface area contributed by atoms with Gasteiger partial charge in [-0.1, -0.05) is 17.7 Å². The Morgan fingerprint density at radius 1 is 1.24 bits per heavy atom. The van der Waals surface area contributed by atoms with Crippen LogP contribution in [-0.2, 0) is 0 Å². The molecule has 0 atom stereocenters. The zero-order valence-electron chi connectivity index (χ0n) is 11.2. The topological polar surface area (TPSA) is 86.0 Å². The average molecular weight is 302 g/mol. The molecule has 6 nitrogen and oxygen atoms in total. The molecular formula is C14H12ClN5O. The number of methoxy groups -OCH3 is 1. The summed E-state index contributed by atoms with van der Waals surface area (Å²) in [7, 11) is 1.54. The zero-order chi connectivity index (χ0) is 14.8. The van der Waals surface area contributed by atoms with E-state index in [1.807, 2.05) is 24.3 Å². The number of nitrogens with zero attached hydrogens (tertiary/aromatic N) is 3. The van der Waals surface area contributed by atoms with Crippen LogP contribution in [0, 0.1) is 0 Å². The fourth-order valence-electron chi connectivity index (χ4n) is 1.93. The molecule has 7 heteroatoms. The molecule has 3 rings (SSSR count). The van der Waals surface area contributed by atoms with Crippen molar-refractivity contribution >= 4 is 39.8 Å². The first-order valence-corrected chi connectivity index (χ1v) is 6.53. The SMILES string of the molecule is COc1cc(Nc2cccc(N)c2)c2ncc(Cl)nc2n1. The van der Waals surface area contributed by atoms with Crippen molar-refractivity contribution in [3.63, 3.8) is 0 Å². The zero-order valence-corrected chi connectivity index (χ0v) is 11.9. The van der Waals surface area contributed by atoms with Gasteiger partial charge in [0.1, 0.15) is 10.7 Å². The Morgan fingerprint density at radius 2 is 2.10 bits per heavy atom. The summed E-state index contributed by atoms with van der Waals surface area (Å²) in [5.74, 6) is 0.422. The summed E-state index contributed by atoms with van der Waals surface area (Å²) in [4.78, 5) is 12.6. The lowest BCUT2D eigenvalue weighted by Gasteiger charge is -2.10. The van der Waals surface area contributed by atoms with Crippen molar-refractivity contribution in [2.45, 2.75) is 0 Å². The number of pyridine rings is 1. The Labute approximate surface area is 126 Å². The van der Waals surface area contributed by atoms with Gasteiger partial charge in [-0.3, -0.25) is 0 Å². The molecule has 0 amide bonds. The van der Waals surface area contributed by atoms with Crippen LogP contribution in [0.4, 0.5) is 17.1 Å². The second kappa shape index (κ2) is 5.41. The molecule has 0 saturated heterocycles. The van der Waals surface area contributed by atoms with Crippen LogP contribution in [0.5, 0.6) is 5.88 Å². The average Bonchev–Trinajstić information content (AvgIpc) is 2.46. The number of fused-ring (bicyclic) bond motifs is 1. The third-order valence-electron chi connectivity index (χ3n) is 2.84. The lowest BCUT2D eigenvalue weighted by Crippen LogP contribution is -1.99. The van der Waals surface area contributed by atoms with Gasteiger partial charge < -0.3 is 15.8 Å². The minimum absolute atomic E-state index is 0.276. The Kier molecular flexibility index (Phi) is 3.45. The lowest BCUT2D eigenvalue weighted by atomic mass is 10.2. The maximum Gasteiger partial charge on any atom is 0.217 e. The summed E-state index contributed by atoms with van der Waals surface area (Å²) in [5.41, 5.74) is 9.00. The fourth-order valence-corrected chi connectivity index (χ4v) is 2.06. The molecule has 0 aliphatic heterocycles. The molecule has 0 bridgehead atoms. The molecule has 0 aliphatic rings. The maximum atomic E-state index is 5.86. The van der Waals surface area contributed by atoms with E-state index in [0.29, 0.717) is 28.4 Å². The molecule has 21 heavy (non-hydrogen) atoms. The summed E-state index contributed by atoms with van der Waals surface area (Å²) >= 11 is 5.86. The van der Waals surface area contributed by atoms with Crippen LogP contribution in [0.25, 0.3) is 11.2 Å². The van der Waals surface area contributed by atoms with E-state index in [1.54, 1.807) is 6.07 Å². The van der Waals surface area contributed by atoms with Crippen molar-refractivity contribution in [2.75, 3.05) is 18.2 Å². The highest BCUT2D eigenvalue weighted by Crippen LogP contribution is 2.28. The highest BCUT2D eigenvalue weighted by Gasteiger charge is 2.10. The van der Waals surface area contributed by atoms with Crippen LogP contribution >= 0.6 is 11.6 Å². The third kappa shape index (κ3) is 2.80. The van der Waals surface area contributed by atoms with Crippen molar-refractivity contribution in [3.8, 4) is 5.88 Å². The van der Waals surface area contributed by atoms with Gasteiger partial charge in [-0.05, 0) is 18.2 Å². The predicted octanol–water partition coefficient (Wildman–Crippen LogP) is 3.01. The van der Waals surface area contributed by atoms with E-state index in [4.69, 9.17) is 22.1 Å². The molecule has 3 N–H and O–H groups in total. The van der Waals surface area contributed by atoms with Gasteiger partial charge in [0.2, 0.25) is 5.88 Å². The highest BCUT2D eigenvalue weighted by atomic mass is 35.5. The number of rotatable bonds is 3. The van der Waals surface area contributed by atoms with Crippen LogP contribution in [0.3, 0.4) is 0 Å². The standard InChI is InChI=1S/C14H12ClN5O/c1-21-12-6-10(18-9-4-2-3-8(16)5-9)13-14(20-12)19-11(15)7-17-13/h2-7H,16H2,1H3,(H,18,19,20). The van der Waals surface area contributed by atoms with E-state index in [2.05, 4.69) is 20.3 Å². The number of nitrogens with two attached hydrogens (primary N) is 1. The molecule has 0 unspecified atom stereocenters. The van der Waals surface area contributed by atoms with Crippen LogP contribution in [0.2, 0.25) is 5.15 Å². The number of halogens is 1. The Balaban J connectivity index is 2.12. The number of benzene rings is 1. The largest absolute Gasteiger partial charge is 0.481 e. The Hall–Kier alpha value is -2.60. The first-order chi connectivity index (χ1) is 10.2. The van der Waals surface area contributed by atoms with Crippen molar-refractivity contribution in [1.29, 1.82) is 0 Å². The molecule has 0 saturated carbocycles. The molecule has 0 spiro atoms. The van der Waals surface area contributed by atoms with Crippen molar-refractivity contribution in [3.05, 3.63) is 41.7 Å². The maximum absolute atomic E-state index is 5.86. The van der Waals surface area contributed by atoms with E-state index < -0.39 is 0 Å². The van der Waals surface area contributed by atoms with Crippen LogP contribution in [0.1, 0.15) is 0 Å². The van der Waals surface area contributed by atoms with E-state index in [0.717, 1.165) is 5.69 Å². The van der Waals surface area contributed by atoms with Gasteiger partial charge in [0.05, 0.1) is 19.0 Å².